The number of amides is 1. The molecule has 0 bridgehead atoms. The topological polar surface area (TPSA) is 108 Å². The summed E-state index contributed by atoms with van der Waals surface area (Å²) in [5, 5.41) is 17.8. The van der Waals surface area contributed by atoms with E-state index in [-0.39, 0.29) is 12.0 Å². The molecule has 1 amide bonds. The van der Waals surface area contributed by atoms with Gasteiger partial charge in [0.1, 0.15) is 23.4 Å². The van der Waals surface area contributed by atoms with Crippen molar-refractivity contribution < 1.29 is 14.3 Å². The number of carbonyl (C=O) groups excluding carboxylic acids is 1. The maximum absolute atomic E-state index is 13.1. The van der Waals surface area contributed by atoms with Crippen LogP contribution in [0.25, 0.3) is 16.6 Å². The summed E-state index contributed by atoms with van der Waals surface area (Å²) in [7, 11) is 1.63. The van der Waals surface area contributed by atoms with Gasteiger partial charge < -0.3 is 24.6 Å². The molecule has 224 valence electrons. The Morgan fingerprint density at radius 2 is 1.70 bits per heavy atom. The maximum Gasteiger partial charge on any atom is 0.253 e. The Bertz CT molecular complexity index is 1720. The summed E-state index contributed by atoms with van der Waals surface area (Å²) >= 11 is 0. The van der Waals surface area contributed by atoms with Crippen molar-refractivity contribution in [2.24, 2.45) is 23.7 Å². The number of hydrogen-bond acceptors (Lipinski definition) is 8. The van der Waals surface area contributed by atoms with Gasteiger partial charge in [-0.15, -0.1) is 0 Å². The fraction of sp³-hybridized carbons (Fsp3) is 0.412. The number of nitrogens with zero attached hydrogens (tertiary/aromatic N) is 6. The van der Waals surface area contributed by atoms with Crippen molar-refractivity contribution >= 4 is 17.2 Å². The molecule has 4 aromatic rings. The number of likely N-dealkylation sites (tertiary alicyclic amines) is 1. The second-order valence-corrected chi connectivity index (χ2v) is 12.7. The van der Waals surface area contributed by atoms with E-state index in [1.807, 2.05) is 47.6 Å². The average Bonchev–Trinajstić information content (AvgIpc) is 3.87. The number of nitrogens with one attached hydrogen (secondary N) is 1. The standard InChI is InChI=1S/C34H35N7O3/c1-43-28-5-2-21(3-6-28)34(42)40-18-26-16-39(17-27(26)19-40)32-7-4-22(14-37-32)31-10-30(20-41-33(31)25(11-35)15-38-41)44-29-8-23-12-36-13-24(23)9-29/h2-7,10,14-15,20,23-24,26-27,29,36H,8-9,12-13,16-19H2,1H3. The van der Waals surface area contributed by atoms with Crippen LogP contribution in [0.4, 0.5) is 5.82 Å². The number of rotatable bonds is 6. The second-order valence-electron chi connectivity index (χ2n) is 12.7. The fourth-order valence-electron chi connectivity index (χ4n) is 7.86. The van der Waals surface area contributed by atoms with Gasteiger partial charge in [-0.2, -0.15) is 10.4 Å². The van der Waals surface area contributed by atoms with Crippen LogP contribution in [0.1, 0.15) is 28.8 Å². The van der Waals surface area contributed by atoms with Crippen molar-refractivity contribution in [2.45, 2.75) is 18.9 Å². The number of methoxy groups -OCH3 is 1. The zero-order chi connectivity index (χ0) is 29.8. The summed E-state index contributed by atoms with van der Waals surface area (Å²) in [6.07, 6.45) is 7.72. The van der Waals surface area contributed by atoms with Gasteiger partial charge in [-0.1, -0.05) is 0 Å². The minimum absolute atomic E-state index is 0.0815. The van der Waals surface area contributed by atoms with Crippen molar-refractivity contribution in [1.82, 2.24) is 24.8 Å². The second kappa shape index (κ2) is 10.8. The van der Waals surface area contributed by atoms with E-state index in [1.54, 1.807) is 17.8 Å². The molecule has 4 atom stereocenters. The van der Waals surface area contributed by atoms with Crippen LogP contribution in [0.3, 0.4) is 0 Å². The van der Waals surface area contributed by atoms with Crippen LogP contribution >= 0.6 is 0 Å². The molecule has 0 radical (unpaired) electrons. The largest absolute Gasteiger partial charge is 0.497 e. The molecule has 10 heteroatoms. The Hall–Kier alpha value is -4.62. The summed E-state index contributed by atoms with van der Waals surface area (Å²) in [5.41, 5.74) is 3.80. The highest BCUT2D eigenvalue weighted by Crippen LogP contribution is 2.39. The third-order valence-electron chi connectivity index (χ3n) is 10.1. The lowest BCUT2D eigenvalue weighted by Gasteiger charge is -2.23. The first-order valence-electron chi connectivity index (χ1n) is 15.5. The van der Waals surface area contributed by atoms with E-state index >= 15 is 0 Å². The van der Waals surface area contributed by atoms with Crippen molar-refractivity contribution in [3.8, 4) is 28.7 Å². The number of fused-ring (bicyclic) bond motifs is 3. The summed E-state index contributed by atoms with van der Waals surface area (Å²) in [5.74, 6) is 4.75. The number of anilines is 1. The van der Waals surface area contributed by atoms with Crippen LogP contribution in [-0.4, -0.2) is 77.9 Å². The zero-order valence-corrected chi connectivity index (χ0v) is 24.7. The predicted molar refractivity (Wildman–Crippen MR) is 165 cm³/mol. The SMILES string of the molecule is COc1ccc(C(=O)N2CC3CN(c4ccc(-c5cc(OC6CC7CNCC7C6)cn6ncc(C#N)c56)cn4)CC3C2)cc1. The van der Waals surface area contributed by atoms with Crippen molar-refractivity contribution in [1.29, 1.82) is 5.26 Å². The minimum atomic E-state index is 0.0815. The van der Waals surface area contributed by atoms with Gasteiger partial charge in [0.05, 0.1) is 36.7 Å². The van der Waals surface area contributed by atoms with Gasteiger partial charge in [0.25, 0.3) is 5.91 Å². The Morgan fingerprint density at radius 3 is 2.36 bits per heavy atom. The summed E-state index contributed by atoms with van der Waals surface area (Å²) in [6, 6.07) is 15.8. The molecule has 8 rings (SSSR count). The maximum atomic E-state index is 13.1. The number of ether oxygens (including phenoxy) is 2. The smallest absolute Gasteiger partial charge is 0.253 e. The molecule has 0 spiro atoms. The summed E-state index contributed by atoms with van der Waals surface area (Å²) in [4.78, 5) is 22.3. The third-order valence-corrected chi connectivity index (χ3v) is 10.1. The van der Waals surface area contributed by atoms with E-state index in [0.29, 0.717) is 34.8 Å². The first-order valence-corrected chi connectivity index (χ1v) is 15.5. The third kappa shape index (κ3) is 4.72. The first kappa shape index (κ1) is 27.0. The lowest BCUT2D eigenvalue weighted by molar-refractivity contribution is 0.0782. The molecule has 6 heterocycles. The van der Waals surface area contributed by atoms with E-state index in [0.717, 1.165) is 86.1 Å². The lowest BCUT2D eigenvalue weighted by Crippen LogP contribution is -2.33. The molecule has 10 nitrogen and oxygen atoms in total. The zero-order valence-electron chi connectivity index (χ0n) is 24.7. The van der Waals surface area contributed by atoms with Gasteiger partial charge in [0.2, 0.25) is 0 Å². The molecule has 4 unspecified atom stereocenters. The van der Waals surface area contributed by atoms with Crippen LogP contribution in [-0.2, 0) is 0 Å². The first-order chi connectivity index (χ1) is 21.6. The van der Waals surface area contributed by atoms with Gasteiger partial charge in [-0.3, -0.25) is 4.79 Å². The van der Waals surface area contributed by atoms with Gasteiger partial charge in [0.15, 0.2) is 0 Å². The average molecular weight is 590 g/mol. The molecule has 1 aromatic carbocycles. The molecule has 3 saturated heterocycles. The van der Waals surface area contributed by atoms with Crippen LogP contribution in [0.2, 0.25) is 0 Å². The van der Waals surface area contributed by atoms with E-state index in [4.69, 9.17) is 14.5 Å². The van der Waals surface area contributed by atoms with Gasteiger partial charge in [-0.25, -0.2) is 9.50 Å². The van der Waals surface area contributed by atoms with Crippen LogP contribution in [0.15, 0.2) is 61.1 Å². The molecule has 1 aliphatic carbocycles. The van der Waals surface area contributed by atoms with Crippen LogP contribution in [0, 0.1) is 35.0 Å². The number of pyridine rings is 2. The fourth-order valence-corrected chi connectivity index (χ4v) is 7.86. The molecule has 44 heavy (non-hydrogen) atoms. The number of carbonyl (C=O) groups is 1. The van der Waals surface area contributed by atoms with Gasteiger partial charge in [0, 0.05) is 60.9 Å². The van der Waals surface area contributed by atoms with Crippen LogP contribution in [0.5, 0.6) is 11.5 Å². The van der Waals surface area contributed by atoms with Gasteiger partial charge in [-0.05, 0) is 80.2 Å². The molecule has 3 aromatic heterocycles. The molecule has 4 fully saturated rings. The molecule has 3 aliphatic heterocycles. The Labute approximate surface area is 256 Å². The highest BCUT2D eigenvalue weighted by molar-refractivity contribution is 5.94. The van der Waals surface area contributed by atoms with Crippen LogP contribution < -0.4 is 19.7 Å². The van der Waals surface area contributed by atoms with E-state index in [1.165, 1.54) is 0 Å². The monoisotopic (exact) mass is 589 g/mol. The molecular formula is C34H35N7O3. The van der Waals surface area contributed by atoms with Crippen molar-refractivity contribution in [3.63, 3.8) is 0 Å². The van der Waals surface area contributed by atoms with E-state index in [9.17, 15) is 10.1 Å². The molecule has 1 N–H and O–H groups in total. The number of nitriles is 1. The molecule has 4 aliphatic rings. The summed E-state index contributed by atoms with van der Waals surface area (Å²) in [6.45, 7) is 5.42. The van der Waals surface area contributed by atoms with Gasteiger partial charge >= 0.3 is 0 Å². The Balaban J connectivity index is 0.976. The van der Waals surface area contributed by atoms with E-state index in [2.05, 4.69) is 33.5 Å². The minimum Gasteiger partial charge on any atom is -0.497 e. The van der Waals surface area contributed by atoms with Crippen molar-refractivity contribution in [2.75, 3.05) is 51.3 Å². The Kier molecular flexibility index (Phi) is 6.64. The molecule has 1 saturated carbocycles. The van der Waals surface area contributed by atoms with Crippen molar-refractivity contribution in [3.05, 3.63) is 72.2 Å². The van der Waals surface area contributed by atoms with E-state index < -0.39 is 0 Å². The number of benzene rings is 1. The highest BCUT2D eigenvalue weighted by Gasteiger charge is 2.42. The normalized spacial score (nSPS) is 25.7. The lowest BCUT2D eigenvalue weighted by atomic mass is 10.0. The molecular weight excluding hydrogens is 554 g/mol. The summed E-state index contributed by atoms with van der Waals surface area (Å²) < 4.78 is 13.5. The number of hydrogen-bond donors (Lipinski definition) is 1. The highest BCUT2D eigenvalue weighted by atomic mass is 16.5. The Morgan fingerprint density at radius 1 is 0.955 bits per heavy atom. The quantitative estimate of drug-likeness (QED) is 0.361. The predicted octanol–water partition coefficient (Wildman–Crippen LogP) is 3.86. The number of aromatic nitrogens is 3.